The molecule has 2 nitrogen and oxygen atoms in total. The van der Waals surface area contributed by atoms with E-state index in [9.17, 15) is 5.11 Å². The van der Waals surface area contributed by atoms with E-state index in [-0.39, 0.29) is 6.79 Å². The van der Waals surface area contributed by atoms with Crippen molar-refractivity contribution in [3.63, 3.8) is 0 Å². The third-order valence-corrected chi connectivity index (χ3v) is 2.78. The molecule has 0 saturated heterocycles. The number of ether oxygens (including phenoxy) is 1. The third kappa shape index (κ3) is 8.14. The van der Waals surface area contributed by atoms with Gasteiger partial charge in [0.1, 0.15) is 0 Å². The molecule has 0 bridgehead atoms. The zero-order chi connectivity index (χ0) is 7.33. The second-order valence-electron chi connectivity index (χ2n) is 3.34. The van der Waals surface area contributed by atoms with Crippen molar-refractivity contribution in [3.8, 4) is 0 Å². The van der Waals surface area contributed by atoms with Crippen LogP contribution in [0.15, 0.2) is 0 Å². The molecule has 0 amide bonds. The number of hydrogen-bond donors (Lipinski definition) is 0. The summed E-state index contributed by atoms with van der Waals surface area (Å²) in [5.41, 5.74) is 0. The van der Waals surface area contributed by atoms with E-state index >= 15 is 0 Å². The largest absolute Gasteiger partial charge is 0.353 e. The van der Waals surface area contributed by atoms with Crippen LogP contribution in [0.3, 0.4) is 0 Å². The van der Waals surface area contributed by atoms with E-state index in [0.29, 0.717) is 6.61 Å². The average Bonchev–Trinajstić information content (AvgIpc) is 1.63. The molecule has 0 N–H and O–H groups in total. The van der Waals surface area contributed by atoms with Crippen LogP contribution in [0.25, 0.3) is 0 Å². The molecule has 0 aromatic rings. The Balaban J connectivity index is 3.07. The topological polar surface area (TPSA) is 29.1 Å². The quantitative estimate of drug-likeness (QED) is 0.338. The highest BCUT2D eigenvalue weighted by Crippen LogP contribution is 2.06. The van der Waals surface area contributed by atoms with Gasteiger partial charge in [0.2, 0.25) is 0 Å². The number of rotatable bonds is 4. The van der Waals surface area contributed by atoms with Crippen LogP contribution in [0.2, 0.25) is 25.7 Å². The first-order valence-corrected chi connectivity index (χ1v) is 6.93. The van der Waals surface area contributed by atoms with E-state index < -0.39 is 8.07 Å². The van der Waals surface area contributed by atoms with Gasteiger partial charge in [-0.3, -0.25) is 0 Å². The van der Waals surface area contributed by atoms with Gasteiger partial charge >= 0.3 is 0 Å². The van der Waals surface area contributed by atoms with Gasteiger partial charge in [-0.2, -0.15) is 0 Å². The summed E-state index contributed by atoms with van der Waals surface area (Å²) < 4.78 is 4.69. The lowest BCUT2D eigenvalue weighted by atomic mass is 10.9. The highest BCUT2D eigenvalue weighted by Gasteiger charge is 2.11. The Hall–Kier alpha value is 0.137. The summed E-state index contributed by atoms with van der Waals surface area (Å²) in [7, 11) is -0.958. The van der Waals surface area contributed by atoms with Gasteiger partial charge in [0.05, 0.1) is 0 Å². The van der Waals surface area contributed by atoms with E-state index in [1.807, 2.05) is 0 Å². The summed E-state index contributed by atoms with van der Waals surface area (Å²) in [6.07, 6.45) is 0. The van der Waals surface area contributed by atoms with E-state index in [1.54, 1.807) is 0 Å². The molecule has 0 aliphatic carbocycles. The van der Waals surface area contributed by atoms with Gasteiger partial charge in [-0.25, -0.2) is 5.11 Å². The first-order valence-electron chi connectivity index (χ1n) is 3.22. The molecule has 0 aliphatic rings. The SMILES string of the molecule is C[Si](C)(C)CCOC[O]. The molecule has 9 heavy (non-hydrogen) atoms. The van der Waals surface area contributed by atoms with Crippen LogP contribution in [-0.2, 0) is 9.84 Å². The predicted molar refractivity (Wildman–Crippen MR) is 39.7 cm³/mol. The molecule has 0 spiro atoms. The van der Waals surface area contributed by atoms with Crippen molar-refractivity contribution < 1.29 is 9.84 Å². The molecular weight excluding hydrogens is 132 g/mol. The normalized spacial score (nSPS) is 12.0. The van der Waals surface area contributed by atoms with E-state index in [0.717, 1.165) is 6.04 Å². The second kappa shape index (κ2) is 4.03. The first-order chi connectivity index (χ1) is 4.06. The standard InChI is InChI=1S/C6H15O2Si/c1-9(2,3)5-4-8-6-7/h4-6H2,1-3H3. The highest BCUT2D eigenvalue weighted by molar-refractivity contribution is 6.76. The Morgan fingerprint density at radius 3 is 2.22 bits per heavy atom. The first kappa shape index (κ1) is 9.14. The maximum atomic E-state index is 9.81. The molecule has 0 rings (SSSR count). The minimum absolute atomic E-state index is 0.384. The molecule has 0 aliphatic heterocycles. The molecule has 0 atom stereocenters. The van der Waals surface area contributed by atoms with Gasteiger partial charge in [-0.15, -0.1) is 0 Å². The van der Waals surface area contributed by atoms with Crippen LogP contribution >= 0.6 is 0 Å². The van der Waals surface area contributed by atoms with Gasteiger partial charge in [0.25, 0.3) is 0 Å². The van der Waals surface area contributed by atoms with Crippen LogP contribution in [-0.4, -0.2) is 21.5 Å². The maximum absolute atomic E-state index is 9.81. The van der Waals surface area contributed by atoms with Crippen molar-refractivity contribution in [3.05, 3.63) is 0 Å². The van der Waals surface area contributed by atoms with E-state index in [4.69, 9.17) is 0 Å². The summed E-state index contributed by atoms with van der Waals surface area (Å²) in [4.78, 5) is 0. The molecule has 0 fully saturated rings. The molecule has 0 saturated carbocycles. The van der Waals surface area contributed by atoms with Crippen LogP contribution in [0.1, 0.15) is 0 Å². The van der Waals surface area contributed by atoms with Gasteiger partial charge in [-0.1, -0.05) is 19.6 Å². The maximum Gasteiger partial charge on any atom is 0.180 e. The molecule has 0 unspecified atom stereocenters. The molecule has 3 heteroatoms. The lowest BCUT2D eigenvalue weighted by Gasteiger charge is -2.13. The van der Waals surface area contributed by atoms with Crippen molar-refractivity contribution in [2.45, 2.75) is 25.7 Å². The molecule has 0 aromatic carbocycles. The predicted octanol–water partition coefficient (Wildman–Crippen LogP) is 1.73. The molecular formula is C6H15O2Si. The Morgan fingerprint density at radius 1 is 1.33 bits per heavy atom. The van der Waals surface area contributed by atoms with Crippen LogP contribution in [0.5, 0.6) is 0 Å². The zero-order valence-electron chi connectivity index (χ0n) is 6.44. The molecule has 0 heterocycles. The summed E-state index contributed by atoms with van der Waals surface area (Å²) in [6, 6.07) is 1.09. The van der Waals surface area contributed by atoms with Crippen molar-refractivity contribution in [2.75, 3.05) is 13.4 Å². The second-order valence-corrected chi connectivity index (χ2v) is 8.96. The lowest BCUT2D eigenvalue weighted by Crippen LogP contribution is -2.21. The van der Waals surface area contributed by atoms with Gasteiger partial charge in [-0.05, 0) is 6.04 Å². The fourth-order valence-corrected chi connectivity index (χ4v) is 1.19. The summed E-state index contributed by atoms with van der Waals surface area (Å²) >= 11 is 0. The number of hydrogen-bond acceptors (Lipinski definition) is 1. The van der Waals surface area contributed by atoms with Gasteiger partial charge in [0.15, 0.2) is 6.79 Å². The van der Waals surface area contributed by atoms with Crippen LogP contribution < -0.4 is 0 Å². The molecule has 55 valence electrons. The van der Waals surface area contributed by atoms with Crippen LogP contribution in [0, 0.1) is 0 Å². The Morgan fingerprint density at radius 2 is 1.89 bits per heavy atom. The van der Waals surface area contributed by atoms with E-state index in [1.165, 1.54) is 0 Å². The average molecular weight is 147 g/mol. The Labute approximate surface area is 57.9 Å². The van der Waals surface area contributed by atoms with Crippen LogP contribution in [0.4, 0.5) is 0 Å². The highest BCUT2D eigenvalue weighted by atomic mass is 28.3. The third-order valence-electron chi connectivity index (χ3n) is 1.08. The van der Waals surface area contributed by atoms with Crippen molar-refractivity contribution in [1.29, 1.82) is 0 Å². The minimum atomic E-state index is -0.958. The van der Waals surface area contributed by atoms with Gasteiger partial charge < -0.3 is 4.74 Å². The molecule has 0 aromatic heterocycles. The van der Waals surface area contributed by atoms with Crippen molar-refractivity contribution >= 4 is 8.07 Å². The van der Waals surface area contributed by atoms with E-state index in [2.05, 4.69) is 24.4 Å². The minimum Gasteiger partial charge on any atom is -0.353 e. The smallest absolute Gasteiger partial charge is 0.180 e. The molecule has 1 radical (unpaired) electrons. The zero-order valence-corrected chi connectivity index (χ0v) is 7.44. The summed E-state index contributed by atoms with van der Waals surface area (Å²) in [6.45, 7) is 7.06. The summed E-state index contributed by atoms with van der Waals surface area (Å²) in [5, 5.41) is 9.81. The lowest BCUT2D eigenvalue weighted by molar-refractivity contribution is -0.0385. The fraction of sp³-hybridized carbons (Fsp3) is 1.00. The summed E-state index contributed by atoms with van der Waals surface area (Å²) in [5.74, 6) is 0. The van der Waals surface area contributed by atoms with Gasteiger partial charge in [0, 0.05) is 14.7 Å². The van der Waals surface area contributed by atoms with Crippen molar-refractivity contribution in [1.82, 2.24) is 0 Å². The Kier molecular flexibility index (Phi) is 4.09. The monoisotopic (exact) mass is 147 g/mol. The fourth-order valence-electron chi connectivity index (χ4n) is 0.437. The Bertz CT molecular complexity index is 67.9. The van der Waals surface area contributed by atoms with Crippen molar-refractivity contribution in [2.24, 2.45) is 0 Å².